The first kappa shape index (κ1) is 19.6. The van der Waals surface area contributed by atoms with Crippen molar-refractivity contribution in [2.45, 2.75) is 20.0 Å². The molecular formula is C23H21ClN2O2. The van der Waals surface area contributed by atoms with Crippen molar-refractivity contribution < 1.29 is 9.59 Å². The molecule has 0 saturated carbocycles. The fourth-order valence-electron chi connectivity index (χ4n) is 2.87. The van der Waals surface area contributed by atoms with Gasteiger partial charge in [-0.25, -0.2) is 0 Å². The zero-order valence-corrected chi connectivity index (χ0v) is 16.3. The molecule has 0 saturated heterocycles. The molecule has 0 atom stereocenters. The summed E-state index contributed by atoms with van der Waals surface area (Å²) in [5, 5.41) is 3.23. The minimum Gasteiger partial charge on any atom is -0.326 e. The number of hydrogen-bond acceptors (Lipinski definition) is 2. The minimum absolute atomic E-state index is 0.344. The Morgan fingerprint density at radius 1 is 0.821 bits per heavy atom. The highest BCUT2D eigenvalue weighted by atomic mass is 35.5. The van der Waals surface area contributed by atoms with Crippen molar-refractivity contribution in [3.05, 3.63) is 101 Å². The van der Waals surface area contributed by atoms with E-state index in [2.05, 4.69) is 5.32 Å². The predicted molar refractivity (Wildman–Crippen MR) is 112 cm³/mol. The number of anilines is 1. The second-order valence-electron chi connectivity index (χ2n) is 6.50. The molecule has 0 aliphatic heterocycles. The lowest BCUT2D eigenvalue weighted by Crippen LogP contribution is -2.39. The van der Waals surface area contributed by atoms with Crippen molar-refractivity contribution >= 4 is 29.1 Å². The number of hydrogen-bond donors (Lipinski definition) is 1. The van der Waals surface area contributed by atoms with Crippen molar-refractivity contribution in [1.82, 2.24) is 4.90 Å². The van der Waals surface area contributed by atoms with Gasteiger partial charge in [0, 0.05) is 23.8 Å². The predicted octanol–water partition coefficient (Wildman–Crippen LogP) is 4.82. The normalized spacial score (nSPS) is 10.4. The Bertz CT molecular complexity index is 917. The van der Waals surface area contributed by atoms with Gasteiger partial charge in [-0.3, -0.25) is 9.59 Å². The highest BCUT2D eigenvalue weighted by Gasteiger charge is 2.23. The van der Waals surface area contributed by atoms with Gasteiger partial charge < -0.3 is 10.2 Å². The third-order valence-electron chi connectivity index (χ3n) is 4.43. The smallest absolute Gasteiger partial charge is 0.313 e. The van der Waals surface area contributed by atoms with Crippen LogP contribution in [0.25, 0.3) is 0 Å². The molecule has 0 radical (unpaired) electrons. The molecule has 0 aromatic heterocycles. The lowest BCUT2D eigenvalue weighted by atomic mass is 10.1. The Balaban J connectivity index is 1.80. The third kappa shape index (κ3) is 4.99. The molecule has 1 N–H and O–H groups in total. The maximum atomic E-state index is 12.9. The number of carbonyl (C=O) groups is 2. The van der Waals surface area contributed by atoms with Crippen LogP contribution in [-0.4, -0.2) is 16.7 Å². The minimum atomic E-state index is -0.683. The Labute approximate surface area is 169 Å². The van der Waals surface area contributed by atoms with Gasteiger partial charge in [0.15, 0.2) is 0 Å². The van der Waals surface area contributed by atoms with Gasteiger partial charge >= 0.3 is 11.8 Å². The van der Waals surface area contributed by atoms with Gasteiger partial charge in [0.25, 0.3) is 0 Å². The number of benzene rings is 3. The topological polar surface area (TPSA) is 49.4 Å². The van der Waals surface area contributed by atoms with Gasteiger partial charge in [0.2, 0.25) is 0 Å². The molecule has 0 aliphatic carbocycles. The quantitative estimate of drug-likeness (QED) is 0.633. The summed E-state index contributed by atoms with van der Waals surface area (Å²) in [4.78, 5) is 27.1. The van der Waals surface area contributed by atoms with E-state index in [0.717, 1.165) is 16.7 Å². The molecule has 0 heterocycles. The molecule has 0 aliphatic rings. The van der Waals surface area contributed by atoms with Crippen molar-refractivity contribution in [3.63, 3.8) is 0 Å². The van der Waals surface area contributed by atoms with Crippen molar-refractivity contribution in [2.24, 2.45) is 0 Å². The molecule has 142 valence electrons. The largest absolute Gasteiger partial charge is 0.326 e. The van der Waals surface area contributed by atoms with Crippen LogP contribution in [0.2, 0.25) is 5.02 Å². The van der Waals surface area contributed by atoms with Crippen LogP contribution in [0.1, 0.15) is 16.7 Å². The van der Waals surface area contributed by atoms with Gasteiger partial charge in [0.1, 0.15) is 0 Å². The van der Waals surface area contributed by atoms with E-state index in [9.17, 15) is 9.59 Å². The monoisotopic (exact) mass is 392 g/mol. The second-order valence-corrected chi connectivity index (χ2v) is 6.91. The zero-order chi connectivity index (χ0) is 19.9. The van der Waals surface area contributed by atoms with Crippen LogP contribution in [-0.2, 0) is 22.7 Å². The van der Waals surface area contributed by atoms with Crippen LogP contribution in [0, 0.1) is 6.92 Å². The molecule has 0 spiro atoms. The van der Waals surface area contributed by atoms with E-state index in [1.165, 1.54) is 0 Å². The highest BCUT2D eigenvalue weighted by molar-refractivity contribution is 6.40. The fraction of sp³-hybridized carbons (Fsp3) is 0.130. The Kier molecular flexibility index (Phi) is 6.45. The lowest BCUT2D eigenvalue weighted by Gasteiger charge is -2.23. The van der Waals surface area contributed by atoms with Crippen LogP contribution >= 0.6 is 11.6 Å². The number of nitrogens with one attached hydrogen (secondary N) is 1. The maximum Gasteiger partial charge on any atom is 0.313 e. The summed E-state index contributed by atoms with van der Waals surface area (Å²) in [7, 11) is 0. The lowest BCUT2D eigenvalue weighted by molar-refractivity contribution is -0.144. The van der Waals surface area contributed by atoms with Crippen LogP contribution in [0.15, 0.2) is 78.9 Å². The van der Waals surface area contributed by atoms with Gasteiger partial charge in [0.05, 0.1) is 0 Å². The SMILES string of the molecule is Cc1c(Cl)cccc1NC(=O)C(=O)N(Cc1ccccc1)Cc1ccccc1. The molecule has 3 aromatic rings. The molecule has 28 heavy (non-hydrogen) atoms. The Hall–Kier alpha value is -3.11. The summed E-state index contributed by atoms with van der Waals surface area (Å²) in [5.74, 6) is -1.27. The molecular weight excluding hydrogens is 372 g/mol. The van der Waals surface area contributed by atoms with E-state index in [1.54, 1.807) is 30.0 Å². The van der Waals surface area contributed by atoms with Crippen molar-refractivity contribution in [1.29, 1.82) is 0 Å². The van der Waals surface area contributed by atoms with Crippen LogP contribution < -0.4 is 5.32 Å². The van der Waals surface area contributed by atoms with Gasteiger partial charge in [-0.05, 0) is 35.7 Å². The van der Waals surface area contributed by atoms with E-state index >= 15 is 0 Å². The molecule has 2 amide bonds. The standard InChI is InChI=1S/C23H21ClN2O2/c1-17-20(24)13-8-14-21(17)25-22(27)23(28)26(15-18-9-4-2-5-10-18)16-19-11-6-3-7-12-19/h2-14H,15-16H2,1H3,(H,25,27). The summed E-state index contributed by atoms with van der Waals surface area (Å²) in [6, 6.07) is 24.4. The molecule has 4 nitrogen and oxygen atoms in total. The summed E-state index contributed by atoms with van der Waals surface area (Å²) in [6.45, 7) is 2.49. The van der Waals surface area contributed by atoms with Gasteiger partial charge in [-0.15, -0.1) is 0 Å². The molecule has 0 unspecified atom stereocenters. The highest BCUT2D eigenvalue weighted by Crippen LogP contribution is 2.23. The first-order valence-electron chi connectivity index (χ1n) is 8.98. The Morgan fingerprint density at radius 2 is 1.36 bits per heavy atom. The van der Waals surface area contributed by atoms with Crippen LogP contribution in [0.5, 0.6) is 0 Å². The molecule has 5 heteroatoms. The summed E-state index contributed by atoms with van der Waals surface area (Å²) >= 11 is 6.11. The zero-order valence-electron chi connectivity index (χ0n) is 15.6. The number of halogens is 1. The number of rotatable bonds is 5. The van der Waals surface area contributed by atoms with E-state index in [1.807, 2.05) is 60.7 Å². The van der Waals surface area contributed by atoms with Crippen LogP contribution in [0.3, 0.4) is 0 Å². The van der Waals surface area contributed by atoms with E-state index < -0.39 is 11.8 Å². The number of nitrogens with zero attached hydrogens (tertiary/aromatic N) is 1. The van der Waals surface area contributed by atoms with Gasteiger partial charge in [-0.2, -0.15) is 0 Å². The van der Waals surface area contributed by atoms with Crippen molar-refractivity contribution in [3.8, 4) is 0 Å². The third-order valence-corrected chi connectivity index (χ3v) is 4.84. The van der Waals surface area contributed by atoms with Crippen LogP contribution in [0.4, 0.5) is 5.69 Å². The summed E-state index contributed by atoms with van der Waals surface area (Å²) in [6.07, 6.45) is 0. The number of carbonyl (C=O) groups excluding carboxylic acids is 2. The fourth-order valence-corrected chi connectivity index (χ4v) is 3.04. The average molecular weight is 393 g/mol. The van der Waals surface area contributed by atoms with E-state index in [-0.39, 0.29) is 0 Å². The molecule has 3 rings (SSSR count). The number of amides is 2. The second kappa shape index (κ2) is 9.20. The summed E-state index contributed by atoms with van der Waals surface area (Å²) < 4.78 is 0. The Morgan fingerprint density at radius 3 is 1.89 bits per heavy atom. The first-order valence-corrected chi connectivity index (χ1v) is 9.35. The first-order chi connectivity index (χ1) is 13.5. The molecule has 3 aromatic carbocycles. The molecule has 0 bridgehead atoms. The average Bonchev–Trinajstić information content (AvgIpc) is 2.72. The maximum absolute atomic E-state index is 12.9. The van der Waals surface area contributed by atoms with Gasteiger partial charge in [-0.1, -0.05) is 78.3 Å². The molecule has 0 fully saturated rings. The van der Waals surface area contributed by atoms with E-state index in [0.29, 0.717) is 23.8 Å². The van der Waals surface area contributed by atoms with Crippen molar-refractivity contribution in [2.75, 3.05) is 5.32 Å². The van der Waals surface area contributed by atoms with E-state index in [4.69, 9.17) is 11.6 Å². The summed E-state index contributed by atoms with van der Waals surface area (Å²) in [5.41, 5.74) is 3.17.